The van der Waals surface area contributed by atoms with Crippen LogP contribution in [-0.2, 0) is 4.74 Å². The molecule has 1 aromatic carbocycles. The molecule has 4 nitrogen and oxygen atoms in total. The fourth-order valence-corrected chi connectivity index (χ4v) is 1.55. The molecule has 0 saturated heterocycles. The van der Waals surface area contributed by atoms with Crippen LogP contribution in [0.3, 0.4) is 0 Å². The molecule has 1 aromatic heterocycles. The average molecular weight is 216 g/mol. The molecule has 2 rings (SSSR count). The normalized spacial score (nSPS) is 10.3. The lowest BCUT2D eigenvalue weighted by atomic mass is 10.1. The van der Waals surface area contributed by atoms with E-state index in [1.165, 1.54) is 0 Å². The number of ether oxygens (including phenoxy) is 1. The van der Waals surface area contributed by atoms with Gasteiger partial charge >= 0.3 is 5.97 Å². The number of carbonyl (C=O) groups is 1. The summed E-state index contributed by atoms with van der Waals surface area (Å²) in [7, 11) is 0. The highest BCUT2D eigenvalue weighted by molar-refractivity contribution is 6.03. The largest absolute Gasteiger partial charge is 0.462 e. The first-order chi connectivity index (χ1) is 7.74. The minimum atomic E-state index is -0.410. The molecule has 2 aromatic rings. The second-order valence-corrected chi connectivity index (χ2v) is 3.32. The maximum absolute atomic E-state index is 11.6. The van der Waals surface area contributed by atoms with Gasteiger partial charge in [0.2, 0.25) is 0 Å². The van der Waals surface area contributed by atoms with Crippen LogP contribution in [0.5, 0.6) is 0 Å². The molecule has 0 aliphatic rings. The van der Waals surface area contributed by atoms with Gasteiger partial charge in [-0.2, -0.15) is 0 Å². The van der Waals surface area contributed by atoms with E-state index in [4.69, 9.17) is 10.5 Å². The minimum Gasteiger partial charge on any atom is -0.462 e. The maximum atomic E-state index is 11.6. The molecule has 0 aliphatic carbocycles. The highest BCUT2D eigenvalue weighted by atomic mass is 16.5. The van der Waals surface area contributed by atoms with Gasteiger partial charge in [-0.3, -0.25) is 4.98 Å². The van der Waals surface area contributed by atoms with Crippen LogP contribution in [0.4, 0.5) is 5.69 Å². The third-order valence-corrected chi connectivity index (χ3v) is 2.31. The summed E-state index contributed by atoms with van der Waals surface area (Å²) in [5, 5.41) is 0.910. The van der Waals surface area contributed by atoms with Crippen molar-refractivity contribution in [2.24, 2.45) is 0 Å². The van der Waals surface area contributed by atoms with Crippen LogP contribution in [0, 0.1) is 0 Å². The Morgan fingerprint density at radius 2 is 2.25 bits per heavy atom. The zero-order chi connectivity index (χ0) is 11.5. The zero-order valence-corrected chi connectivity index (χ0v) is 8.93. The lowest BCUT2D eigenvalue weighted by molar-refractivity contribution is 0.0528. The number of nitrogens with two attached hydrogens (primary N) is 1. The Labute approximate surface area is 93.0 Å². The second kappa shape index (κ2) is 4.18. The molecule has 0 saturated carbocycles. The number of rotatable bonds is 2. The third kappa shape index (κ3) is 1.69. The van der Waals surface area contributed by atoms with E-state index in [0.29, 0.717) is 23.4 Å². The molecule has 0 radical (unpaired) electrons. The molecule has 0 fully saturated rings. The molecule has 16 heavy (non-hydrogen) atoms. The lowest BCUT2D eigenvalue weighted by Crippen LogP contribution is -2.08. The van der Waals surface area contributed by atoms with Crippen molar-refractivity contribution in [1.29, 1.82) is 0 Å². The first kappa shape index (κ1) is 10.4. The number of benzene rings is 1. The fourth-order valence-electron chi connectivity index (χ4n) is 1.55. The van der Waals surface area contributed by atoms with Crippen molar-refractivity contribution in [3.63, 3.8) is 0 Å². The van der Waals surface area contributed by atoms with Crippen LogP contribution >= 0.6 is 0 Å². The van der Waals surface area contributed by atoms with Crippen LogP contribution in [0.1, 0.15) is 17.3 Å². The summed E-state index contributed by atoms with van der Waals surface area (Å²) in [4.78, 5) is 15.7. The van der Waals surface area contributed by atoms with E-state index in [2.05, 4.69) is 4.98 Å². The van der Waals surface area contributed by atoms with E-state index in [1.807, 2.05) is 18.2 Å². The Bertz CT molecular complexity index is 538. The Morgan fingerprint density at radius 3 is 3.00 bits per heavy atom. The molecular formula is C12H12N2O2. The average Bonchev–Trinajstić information content (AvgIpc) is 2.30. The molecule has 0 spiro atoms. The molecule has 2 N–H and O–H groups in total. The van der Waals surface area contributed by atoms with Crippen molar-refractivity contribution in [3.05, 3.63) is 36.0 Å². The van der Waals surface area contributed by atoms with Crippen LogP contribution in [0.15, 0.2) is 30.5 Å². The van der Waals surface area contributed by atoms with Crippen LogP contribution in [0.2, 0.25) is 0 Å². The highest BCUT2D eigenvalue weighted by Crippen LogP contribution is 2.23. The SMILES string of the molecule is CCOC(=O)c1ccc2cccnc2c1N. The first-order valence-corrected chi connectivity index (χ1v) is 5.04. The summed E-state index contributed by atoms with van der Waals surface area (Å²) in [5.74, 6) is -0.410. The predicted molar refractivity (Wildman–Crippen MR) is 62.1 cm³/mol. The Hall–Kier alpha value is -2.10. The Balaban J connectivity index is 2.56. The summed E-state index contributed by atoms with van der Waals surface area (Å²) < 4.78 is 4.91. The van der Waals surface area contributed by atoms with E-state index >= 15 is 0 Å². The summed E-state index contributed by atoms with van der Waals surface area (Å²) in [6.07, 6.45) is 1.65. The van der Waals surface area contributed by atoms with Gasteiger partial charge in [0.05, 0.1) is 23.4 Å². The van der Waals surface area contributed by atoms with E-state index in [9.17, 15) is 4.79 Å². The second-order valence-electron chi connectivity index (χ2n) is 3.32. The number of anilines is 1. The van der Waals surface area contributed by atoms with Crippen LogP contribution < -0.4 is 5.73 Å². The van der Waals surface area contributed by atoms with Gasteiger partial charge in [-0.1, -0.05) is 12.1 Å². The van der Waals surface area contributed by atoms with Crippen LogP contribution in [-0.4, -0.2) is 17.6 Å². The summed E-state index contributed by atoms with van der Waals surface area (Å²) in [6.45, 7) is 2.09. The van der Waals surface area contributed by atoms with E-state index in [-0.39, 0.29) is 0 Å². The van der Waals surface area contributed by atoms with Gasteiger partial charge in [0, 0.05) is 11.6 Å². The number of aromatic nitrogens is 1. The molecule has 0 atom stereocenters. The van der Waals surface area contributed by atoms with Gasteiger partial charge < -0.3 is 10.5 Å². The lowest BCUT2D eigenvalue weighted by Gasteiger charge is -2.07. The number of esters is 1. The smallest absolute Gasteiger partial charge is 0.340 e. The van der Waals surface area contributed by atoms with Crippen LogP contribution in [0.25, 0.3) is 10.9 Å². The Kier molecular flexibility index (Phi) is 2.72. The molecule has 0 amide bonds. The van der Waals surface area contributed by atoms with Gasteiger partial charge in [0.1, 0.15) is 0 Å². The number of fused-ring (bicyclic) bond motifs is 1. The van der Waals surface area contributed by atoms with Crippen molar-refractivity contribution in [3.8, 4) is 0 Å². The van der Waals surface area contributed by atoms with E-state index < -0.39 is 5.97 Å². The van der Waals surface area contributed by atoms with Crippen molar-refractivity contribution in [2.45, 2.75) is 6.92 Å². The monoisotopic (exact) mass is 216 g/mol. The van der Waals surface area contributed by atoms with Gasteiger partial charge in [-0.25, -0.2) is 4.79 Å². The number of hydrogen-bond acceptors (Lipinski definition) is 4. The van der Waals surface area contributed by atoms with Gasteiger partial charge in [0.25, 0.3) is 0 Å². The molecular weight excluding hydrogens is 204 g/mol. The number of carbonyl (C=O) groups excluding carboxylic acids is 1. The van der Waals surface area contributed by atoms with Crippen molar-refractivity contribution >= 4 is 22.6 Å². The van der Waals surface area contributed by atoms with E-state index in [1.54, 1.807) is 19.2 Å². The van der Waals surface area contributed by atoms with Gasteiger partial charge in [-0.15, -0.1) is 0 Å². The summed E-state index contributed by atoms with van der Waals surface area (Å²) >= 11 is 0. The number of nitrogens with zero attached hydrogens (tertiary/aromatic N) is 1. The van der Waals surface area contributed by atoms with Crippen molar-refractivity contribution < 1.29 is 9.53 Å². The maximum Gasteiger partial charge on any atom is 0.340 e. The minimum absolute atomic E-state index is 0.332. The number of hydrogen-bond donors (Lipinski definition) is 1. The molecule has 4 heteroatoms. The summed E-state index contributed by atoms with van der Waals surface area (Å²) in [6, 6.07) is 7.20. The molecule has 0 aliphatic heterocycles. The number of nitrogen functional groups attached to an aromatic ring is 1. The third-order valence-electron chi connectivity index (χ3n) is 2.31. The molecule has 1 heterocycles. The quantitative estimate of drug-likeness (QED) is 0.616. The Morgan fingerprint density at radius 1 is 1.44 bits per heavy atom. The van der Waals surface area contributed by atoms with E-state index in [0.717, 1.165) is 5.39 Å². The molecule has 0 unspecified atom stereocenters. The first-order valence-electron chi connectivity index (χ1n) is 5.04. The summed E-state index contributed by atoms with van der Waals surface area (Å²) in [5.41, 5.74) is 7.26. The van der Waals surface area contributed by atoms with Gasteiger partial charge in [0.15, 0.2) is 0 Å². The topological polar surface area (TPSA) is 65.2 Å². The predicted octanol–water partition coefficient (Wildman–Crippen LogP) is 1.99. The molecule has 0 bridgehead atoms. The van der Waals surface area contributed by atoms with Gasteiger partial charge in [-0.05, 0) is 19.1 Å². The van der Waals surface area contributed by atoms with Crippen molar-refractivity contribution in [1.82, 2.24) is 4.98 Å². The standard InChI is InChI=1S/C12H12N2O2/c1-2-16-12(15)9-6-5-8-4-3-7-14-11(8)10(9)13/h3-7H,2,13H2,1H3. The van der Waals surface area contributed by atoms with Crippen molar-refractivity contribution in [2.75, 3.05) is 12.3 Å². The highest BCUT2D eigenvalue weighted by Gasteiger charge is 2.13. The fraction of sp³-hybridized carbons (Fsp3) is 0.167. The number of pyridine rings is 1. The zero-order valence-electron chi connectivity index (χ0n) is 8.93. The molecule has 82 valence electrons.